The van der Waals surface area contributed by atoms with E-state index in [0.29, 0.717) is 25.3 Å². The summed E-state index contributed by atoms with van der Waals surface area (Å²) in [5, 5.41) is 22.5. The molecule has 125 valence electrons. The zero-order valence-electron chi connectivity index (χ0n) is 13.5. The van der Waals surface area contributed by atoms with Crippen molar-refractivity contribution in [2.45, 2.75) is 57.6 Å². The number of hydrogen-bond donors (Lipinski definition) is 3. The molecule has 4 unspecified atom stereocenters. The molecule has 3 N–H and O–H groups in total. The normalized spacial score (nSPS) is 28.8. The molecule has 2 heterocycles. The molecule has 1 radical (unpaired) electrons. The molecule has 1 saturated heterocycles. The predicted molar refractivity (Wildman–Crippen MR) is 87.3 cm³/mol. The van der Waals surface area contributed by atoms with Gasteiger partial charge in [-0.2, -0.15) is 0 Å². The van der Waals surface area contributed by atoms with Crippen LogP contribution in [0.15, 0.2) is 18.2 Å². The number of carbonyl (C=O) groups excluding carboxylic acids is 1. The summed E-state index contributed by atoms with van der Waals surface area (Å²) in [6.45, 7) is 6.65. The van der Waals surface area contributed by atoms with Gasteiger partial charge in [0.15, 0.2) is 0 Å². The summed E-state index contributed by atoms with van der Waals surface area (Å²) in [7, 11) is 0. The molecule has 4 atom stereocenters. The Kier molecular flexibility index (Phi) is 4.71. The number of carbonyl (C=O) groups is 1. The minimum absolute atomic E-state index is 0.0219. The fourth-order valence-corrected chi connectivity index (χ4v) is 3.56. The summed E-state index contributed by atoms with van der Waals surface area (Å²) in [4.78, 5) is 14.5. The summed E-state index contributed by atoms with van der Waals surface area (Å²) in [6, 6.07) is 5.59. The molecular formula is C18H25N2O3. The molecule has 1 amide bonds. The van der Waals surface area contributed by atoms with Crippen molar-refractivity contribution in [2.75, 3.05) is 0 Å². The van der Waals surface area contributed by atoms with Crippen molar-refractivity contribution in [1.82, 2.24) is 10.2 Å². The molecule has 0 aromatic heterocycles. The smallest absolute Gasteiger partial charge is 0.254 e. The van der Waals surface area contributed by atoms with E-state index in [-0.39, 0.29) is 11.9 Å². The topological polar surface area (TPSA) is 72.8 Å². The third-order valence-corrected chi connectivity index (χ3v) is 5.02. The van der Waals surface area contributed by atoms with E-state index in [1.165, 1.54) is 5.56 Å². The standard InChI is InChI=1S/C18H25N2O3/c1-3-11(2)9-12-5-4-6-13-14(12)10-20(18(13)23)15-7-8-16(21)19-17(15)22/h4-6,11,15-17,19,21-22H,1,3,7-10H2,2H3. The van der Waals surface area contributed by atoms with E-state index in [2.05, 4.69) is 25.2 Å². The van der Waals surface area contributed by atoms with E-state index < -0.39 is 12.5 Å². The third-order valence-electron chi connectivity index (χ3n) is 5.02. The molecule has 2 aliphatic rings. The predicted octanol–water partition coefficient (Wildman–Crippen LogP) is 1.43. The van der Waals surface area contributed by atoms with Gasteiger partial charge in [0.05, 0.1) is 6.04 Å². The van der Waals surface area contributed by atoms with Crippen LogP contribution in [-0.2, 0) is 13.0 Å². The molecule has 1 aromatic carbocycles. The highest BCUT2D eigenvalue weighted by Crippen LogP contribution is 2.32. The van der Waals surface area contributed by atoms with Gasteiger partial charge in [0.25, 0.3) is 5.91 Å². The van der Waals surface area contributed by atoms with Gasteiger partial charge in [0.2, 0.25) is 0 Å². The summed E-state index contributed by atoms with van der Waals surface area (Å²) < 4.78 is 0. The summed E-state index contributed by atoms with van der Waals surface area (Å²) in [5.41, 5.74) is 3.03. The molecule has 0 bridgehead atoms. The van der Waals surface area contributed by atoms with Gasteiger partial charge < -0.3 is 15.1 Å². The summed E-state index contributed by atoms with van der Waals surface area (Å²) in [6.07, 6.45) is 1.32. The molecule has 3 rings (SSSR count). The maximum absolute atomic E-state index is 12.7. The van der Waals surface area contributed by atoms with Crippen molar-refractivity contribution in [2.24, 2.45) is 5.92 Å². The number of nitrogens with one attached hydrogen (secondary N) is 1. The van der Waals surface area contributed by atoms with Crippen LogP contribution in [0.2, 0.25) is 0 Å². The maximum Gasteiger partial charge on any atom is 0.254 e. The van der Waals surface area contributed by atoms with Crippen LogP contribution >= 0.6 is 0 Å². The lowest BCUT2D eigenvalue weighted by Gasteiger charge is -2.37. The van der Waals surface area contributed by atoms with Crippen LogP contribution in [-0.4, -0.2) is 39.5 Å². The quantitative estimate of drug-likeness (QED) is 0.785. The number of benzene rings is 1. The first-order chi connectivity index (χ1) is 11.0. The third kappa shape index (κ3) is 3.13. The fraction of sp³-hybridized carbons (Fsp3) is 0.556. The Morgan fingerprint density at radius 1 is 1.39 bits per heavy atom. The minimum atomic E-state index is -0.890. The molecule has 23 heavy (non-hydrogen) atoms. The van der Waals surface area contributed by atoms with E-state index in [0.717, 1.165) is 24.0 Å². The molecule has 0 spiro atoms. The largest absolute Gasteiger partial charge is 0.379 e. The number of hydrogen-bond acceptors (Lipinski definition) is 4. The van der Waals surface area contributed by atoms with E-state index in [9.17, 15) is 15.0 Å². The number of piperidine rings is 1. The summed E-state index contributed by atoms with van der Waals surface area (Å²) in [5.74, 6) is 0.453. The Morgan fingerprint density at radius 3 is 2.87 bits per heavy atom. The molecule has 0 saturated carbocycles. The van der Waals surface area contributed by atoms with E-state index in [1.54, 1.807) is 4.90 Å². The molecule has 2 aliphatic heterocycles. The first-order valence-corrected chi connectivity index (χ1v) is 8.34. The molecular weight excluding hydrogens is 292 g/mol. The highest BCUT2D eigenvalue weighted by Gasteiger charge is 2.39. The van der Waals surface area contributed by atoms with Crippen molar-refractivity contribution in [3.63, 3.8) is 0 Å². The highest BCUT2D eigenvalue weighted by atomic mass is 16.3. The number of amides is 1. The molecule has 5 heteroatoms. The number of aliphatic hydroxyl groups excluding tert-OH is 2. The Morgan fingerprint density at radius 2 is 2.17 bits per heavy atom. The van der Waals surface area contributed by atoms with Crippen LogP contribution in [0.4, 0.5) is 0 Å². The van der Waals surface area contributed by atoms with Gasteiger partial charge in [0.1, 0.15) is 12.5 Å². The van der Waals surface area contributed by atoms with Crippen LogP contribution in [0.25, 0.3) is 0 Å². The van der Waals surface area contributed by atoms with Crippen LogP contribution in [0.5, 0.6) is 0 Å². The first kappa shape index (κ1) is 16.4. The molecule has 0 aliphatic carbocycles. The zero-order chi connectivity index (χ0) is 16.6. The SMILES string of the molecule is [CH2]CC(C)Cc1cccc2c1CN(C1CCC(O)NC1O)C2=O. The van der Waals surface area contributed by atoms with Crippen molar-refractivity contribution >= 4 is 5.91 Å². The van der Waals surface area contributed by atoms with Crippen molar-refractivity contribution in [1.29, 1.82) is 0 Å². The van der Waals surface area contributed by atoms with E-state index in [4.69, 9.17) is 0 Å². The second kappa shape index (κ2) is 6.59. The molecule has 5 nitrogen and oxygen atoms in total. The van der Waals surface area contributed by atoms with Crippen molar-refractivity contribution in [3.8, 4) is 0 Å². The monoisotopic (exact) mass is 317 g/mol. The van der Waals surface area contributed by atoms with Gasteiger partial charge in [-0.05, 0) is 42.4 Å². The minimum Gasteiger partial charge on any atom is -0.379 e. The Balaban J connectivity index is 1.83. The Hall–Kier alpha value is -1.43. The van der Waals surface area contributed by atoms with Gasteiger partial charge in [-0.1, -0.05) is 32.4 Å². The van der Waals surface area contributed by atoms with E-state index in [1.807, 2.05) is 12.1 Å². The van der Waals surface area contributed by atoms with Crippen LogP contribution in [0, 0.1) is 12.8 Å². The average molecular weight is 317 g/mol. The van der Waals surface area contributed by atoms with Crippen molar-refractivity contribution in [3.05, 3.63) is 41.8 Å². The molecule has 1 aromatic rings. The highest BCUT2D eigenvalue weighted by molar-refractivity contribution is 5.99. The Bertz CT molecular complexity index is 590. The second-order valence-electron chi connectivity index (χ2n) is 6.75. The summed E-state index contributed by atoms with van der Waals surface area (Å²) >= 11 is 0. The number of nitrogens with zero attached hydrogens (tertiary/aromatic N) is 1. The van der Waals surface area contributed by atoms with Gasteiger partial charge >= 0.3 is 0 Å². The second-order valence-corrected chi connectivity index (χ2v) is 6.75. The Labute approximate surface area is 137 Å². The van der Waals surface area contributed by atoms with Crippen LogP contribution in [0.1, 0.15) is 47.7 Å². The molecule has 1 fully saturated rings. The fourth-order valence-electron chi connectivity index (χ4n) is 3.56. The maximum atomic E-state index is 12.7. The van der Waals surface area contributed by atoms with E-state index >= 15 is 0 Å². The lowest BCUT2D eigenvalue weighted by molar-refractivity contribution is -0.0477. The number of aliphatic hydroxyl groups is 2. The van der Waals surface area contributed by atoms with Crippen LogP contribution in [0.3, 0.4) is 0 Å². The van der Waals surface area contributed by atoms with Crippen LogP contribution < -0.4 is 5.32 Å². The average Bonchev–Trinajstić information content (AvgIpc) is 2.86. The van der Waals surface area contributed by atoms with Crippen molar-refractivity contribution < 1.29 is 15.0 Å². The number of rotatable bonds is 4. The number of fused-ring (bicyclic) bond motifs is 1. The first-order valence-electron chi connectivity index (χ1n) is 8.34. The lowest BCUT2D eigenvalue weighted by atomic mass is 9.93. The van der Waals surface area contributed by atoms with Gasteiger partial charge in [-0.3, -0.25) is 10.1 Å². The van der Waals surface area contributed by atoms with Gasteiger partial charge in [0, 0.05) is 12.1 Å². The van der Waals surface area contributed by atoms with Gasteiger partial charge in [-0.25, -0.2) is 0 Å². The lowest BCUT2D eigenvalue weighted by Crippen LogP contribution is -2.56. The zero-order valence-corrected chi connectivity index (χ0v) is 13.5. The van der Waals surface area contributed by atoms with Gasteiger partial charge in [-0.15, -0.1) is 0 Å².